The van der Waals surface area contributed by atoms with Crippen LogP contribution in [0.25, 0.3) is 10.9 Å². The molecule has 0 saturated heterocycles. The minimum atomic E-state index is -3.80. The number of hydrogen-bond donors (Lipinski definition) is 1. The van der Waals surface area contributed by atoms with Crippen LogP contribution in [0.4, 0.5) is 5.69 Å². The van der Waals surface area contributed by atoms with Crippen molar-refractivity contribution < 1.29 is 13.2 Å². The lowest BCUT2D eigenvalue weighted by Gasteiger charge is -2.13. The number of hydrogen-bond acceptors (Lipinski definition) is 4. The van der Waals surface area contributed by atoms with Gasteiger partial charge in [0.15, 0.2) is 5.75 Å². The summed E-state index contributed by atoms with van der Waals surface area (Å²) in [6.07, 6.45) is 1.57. The van der Waals surface area contributed by atoms with Gasteiger partial charge in [0.05, 0.1) is 32.3 Å². The number of nitrogens with one attached hydrogen (secondary N) is 1. The largest absolute Gasteiger partial charge is 0.453 e. The van der Waals surface area contributed by atoms with Gasteiger partial charge in [-0.1, -0.05) is 57.3 Å². The zero-order chi connectivity index (χ0) is 21.3. The molecule has 0 unspecified atom stereocenters. The van der Waals surface area contributed by atoms with Gasteiger partial charge in [0, 0.05) is 9.86 Å². The van der Waals surface area contributed by atoms with E-state index in [4.69, 9.17) is 27.9 Å². The fourth-order valence-corrected chi connectivity index (χ4v) is 4.64. The number of anilines is 1. The topological polar surface area (TPSA) is 68.3 Å². The molecule has 0 spiro atoms. The molecule has 1 heterocycles. The van der Waals surface area contributed by atoms with Gasteiger partial charge in [-0.3, -0.25) is 9.71 Å². The first-order chi connectivity index (χ1) is 14.3. The molecule has 1 aromatic heterocycles. The molecule has 0 fully saturated rings. The van der Waals surface area contributed by atoms with E-state index in [1.807, 2.05) is 30.3 Å². The van der Waals surface area contributed by atoms with Crippen LogP contribution in [0.3, 0.4) is 0 Å². The van der Waals surface area contributed by atoms with Crippen LogP contribution in [0.15, 0.2) is 82.3 Å². The van der Waals surface area contributed by atoms with E-state index in [-0.39, 0.29) is 26.4 Å². The van der Waals surface area contributed by atoms with E-state index >= 15 is 0 Å². The molecular weight excluding hydrogens is 511 g/mol. The standard InChI is InChI=1S/C21H13BrCl2N2O3S/c22-14-5-7-17(8-6-14)30(27,28)26-15-10-18(23)21(19(24)11-15)29-16-9-13-3-1-2-4-20(13)25-12-16/h1-12,26H. The van der Waals surface area contributed by atoms with E-state index in [0.717, 1.165) is 15.4 Å². The molecule has 0 amide bonds. The summed E-state index contributed by atoms with van der Waals surface area (Å²) in [4.78, 5) is 4.45. The highest BCUT2D eigenvalue weighted by molar-refractivity contribution is 9.10. The maximum absolute atomic E-state index is 12.6. The van der Waals surface area contributed by atoms with Crippen LogP contribution in [-0.2, 0) is 10.0 Å². The third-order valence-corrected chi connectivity index (χ3v) is 6.65. The Morgan fingerprint density at radius 2 is 1.60 bits per heavy atom. The maximum atomic E-state index is 12.6. The molecule has 0 aliphatic heterocycles. The first-order valence-corrected chi connectivity index (χ1v) is 11.7. The number of benzene rings is 3. The molecule has 1 N–H and O–H groups in total. The number of pyridine rings is 1. The van der Waals surface area contributed by atoms with E-state index < -0.39 is 10.0 Å². The number of ether oxygens (including phenoxy) is 1. The first-order valence-electron chi connectivity index (χ1n) is 8.62. The second-order valence-electron chi connectivity index (χ2n) is 6.29. The van der Waals surface area contributed by atoms with Crippen LogP contribution in [-0.4, -0.2) is 13.4 Å². The lowest BCUT2D eigenvalue weighted by atomic mass is 10.2. The molecule has 5 nitrogen and oxygen atoms in total. The monoisotopic (exact) mass is 522 g/mol. The van der Waals surface area contributed by atoms with Crippen LogP contribution in [0.2, 0.25) is 10.0 Å². The predicted octanol–water partition coefficient (Wildman–Crippen LogP) is 6.90. The van der Waals surface area contributed by atoms with Gasteiger partial charge in [-0.25, -0.2) is 8.42 Å². The molecule has 0 bridgehead atoms. The van der Waals surface area contributed by atoms with Gasteiger partial charge in [0.2, 0.25) is 0 Å². The van der Waals surface area contributed by atoms with Gasteiger partial charge in [-0.2, -0.15) is 0 Å². The number of nitrogens with zero attached hydrogens (tertiary/aromatic N) is 1. The number of fused-ring (bicyclic) bond motifs is 1. The average molecular weight is 524 g/mol. The number of sulfonamides is 1. The van der Waals surface area contributed by atoms with Crippen molar-refractivity contribution >= 4 is 65.7 Å². The molecule has 4 aromatic rings. The van der Waals surface area contributed by atoms with E-state index in [1.54, 1.807) is 18.3 Å². The number of para-hydroxylation sites is 1. The second kappa shape index (κ2) is 8.43. The van der Waals surface area contributed by atoms with Crippen molar-refractivity contribution in [1.29, 1.82) is 0 Å². The summed E-state index contributed by atoms with van der Waals surface area (Å²) in [6.45, 7) is 0. The normalized spacial score (nSPS) is 11.4. The molecule has 0 aliphatic rings. The van der Waals surface area contributed by atoms with Crippen LogP contribution in [0, 0.1) is 0 Å². The zero-order valence-electron chi connectivity index (χ0n) is 15.1. The quantitative estimate of drug-likeness (QED) is 0.309. The second-order valence-corrected chi connectivity index (χ2v) is 9.71. The minimum Gasteiger partial charge on any atom is -0.453 e. The van der Waals surface area contributed by atoms with E-state index in [0.29, 0.717) is 5.75 Å². The van der Waals surface area contributed by atoms with Crippen LogP contribution < -0.4 is 9.46 Å². The summed E-state index contributed by atoms with van der Waals surface area (Å²) in [5, 5.41) is 1.22. The number of aromatic nitrogens is 1. The molecule has 0 atom stereocenters. The van der Waals surface area contributed by atoms with E-state index in [2.05, 4.69) is 25.6 Å². The predicted molar refractivity (Wildman–Crippen MR) is 123 cm³/mol. The van der Waals surface area contributed by atoms with Gasteiger partial charge in [0.1, 0.15) is 5.75 Å². The molecule has 4 rings (SSSR count). The minimum absolute atomic E-state index is 0.112. The molecule has 9 heteroatoms. The Morgan fingerprint density at radius 1 is 0.933 bits per heavy atom. The molecule has 30 heavy (non-hydrogen) atoms. The first kappa shape index (κ1) is 20.9. The van der Waals surface area contributed by atoms with Crippen molar-refractivity contribution in [2.45, 2.75) is 4.90 Å². The molecule has 3 aromatic carbocycles. The zero-order valence-corrected chi connectivity index (χ0v) is 19.1. The van der Waals surface area contributed by atoms with Crippen LogP contribution >= 0.6 is 39.1 Å². The number of rotatable bonds is 5. The molecule has 0 radical (unpaired) electrons. The number of halogens is 3. The van der Waals surface area contributed by atoms with Crippen molar-refractivity contribution in [3.05, 3.63) is 87.4 Å². The summed E-state index contributed by atoms with van der Waals surface area (Å²) in [5.74, 6) is 0.669. The summed E-state index contributed by atoms with van der Waals surface area (Å²) >= 11 is 15.9. The third-order valence-electron chi connectivity index (χ3n) is 4.16. The Balaban J connectivity index is 1.60. The Kier molecular flexibility index (Phi) is 5.88. The smallest absolute Gasteiger partial charge is 0.261 e. The van der Waals surface area contributed by atoms with Crippen molar-refractivity contribution in [3.63, 3.8) is 0 Å². The van der Waals surface area contributed by atoms with Gasteiger partial charge in [0.25, 0.3) is 10.0 Å². The highest BCUT2D eigenvalue weighted by Crippen LogP contribution is 2.39. The third kappa shape index (κ3) is 4.54. The van der Waals surface area contributed by atoms with Crippen molar-refractivity contribution in [2.24, 2.45) is 0 Å². The summed E-state index contributed by atoms with van der Waals surface area (Å²) in [6, 6.07) is 18.6. The van der Waals surface area contributed by atoms with E-state index in [9.17, 15) is 8.42 Å². The van der Waals surface area contributed by atoms with Crippen molar-refractivity contribution in [1.82, 2.24) is 4.98 Å². The summed E-state index contributed by atoms with van der Waals surface area (Å²) in [5.41, 5.74) is 1.05. The van der Waals surface area contributed by atoms with Gasteiger partial charge < -0.3 is 4.74 Å². The van der Waals surface area contributed by atoms with Crippen molar-refractivity contribution in [2.75, 3.05) is 4.72 Å². The maximum Gasteiger partial charge on any atom is 0.261 e. The summed E-state index contributed by atoms with van der Waals surface area (Å²) < 4.78 is 34.2. The Morgan fingerprint density at radius 3 is 2.30 bits per heavy atom. The van der Waals surface area contributed by atoms with Crippen LogP contribution in [0.5, 0.6) is 11.5 Å². The van der Waals surface area contributed by atoms with Gasteiger partial charge in [-0.05, 0) is 48.5 Å². The fraction of sp³-hybridized carbons (Fsp3) is 0. The lowest BCUT2D eigenvalue weighted by Crippen LogP contribution is -2.12. The molecule has 152 valence electrons. The lowest BCUT2D eigenvalue weighted by molar-refractivity contribution is 0.482. The fourth-order valence-electron chi connectivity index (χ4n) is 2.77. The molecule has 0 saturated carbocycles. The van der Waals surface area contributed by atoms with Crippen molar-refractivity contribution in [3.8, 4) is 11.5 Å². The summed E-state index contributed by atoms with van der Waals surface area (Å²) in [7, 11) is -3.80. The SMILES string of the molecule is O=S(=O)(Nc1cc(Cl)c(Oc2cnc3ccccc3c2)c(Cl)c1)c1ccc(Br)cc1. The Bertz CT molecular complexity index is 1320. The van der Waals surface area contributed by atoms with Gasteiger partial charge in [-0.15, -0.1) is 0 Å². The Labute approximate surface area is 191 Å². The average Bonchev–Trinajstić information content (AvgIpc) is 2.70. The molecular formula is C21H13BrCl2N2O3S. The van der Waals surface area contributed by atoms with Crippen LogP contribution in [0.1, 0.15) is 0 Å². The Hall–Kier alpha value is -2.32. The highest BCUT2D eigenvalue weighted by atomic mass is 79.9. The molecule has 0 aliphatic carbocycles. The van der Waals surface area contributed by atoms with Gasteiger partial charge >= 0.3 is 0 Å². The highest BCUT2D eigenvalue weighted by Gasteiger charge is 2.17. The van der Waals surface area contributed by atoms with E-state index in [1.165, 1.54) is 24.3 Å².